The first-order valence-corrected chi connectivity index (χ1v) is 8.68. The van der Waals surface area contributed by atoms with Gasteiger partial charge in [0.05, 0.1) is 18.4 Å². The number of anilines is 2. The highest BCUT2D eigenvalue weighted by Crippen LogP contribution is 2.22. The number of nitrogens with zero attached hydrogens (tertiary/aromatic N) is 1. The predicted molar refractivity (Wildman–Crippen MR) is 105 cm³/mol. The van der Waals surface area contributed by atoms with Crippen LogP contribution in [0.3, 0.4) is 0 Å². The third-order valence-electron chi connectivity index (χ3n) is 4.14. The average Bonchev–Trinajstić information content (AvgIpc) is 2.65. The van der Waals surface area contributed by atoms with E-state index in [1.54, 1.807) is 24.3 Å². The summed E-state index contributed by atoms with van der Waals surface area (Å²) < 4.78 is 4.76. The summed E-state index contributed by atoms with van der Waals surface area (Å²) in [5, 5.41) is 2.78. The first-order valence-electron chi connectivity index (χ1n) is 8.68. The first-order chi connectivity index (χ1) is 12.8. The van der Waals surface area contributed by atoms with Gasteiger partial charge in [-0.05, 0) is 35.7 Å². The Hall–Kier alpha value is -3.15. The molecule has 2 amide bonds. The molecular formula is C21H24N2O4. The molecular weight excluding hydrogens is 344 g/mol. The first kappa shape index (κ1) is 20.2. The summed E-state index contributed by atoms with van der Waals surface area (Å²) in [6.45, 7) is 5.32. The zero-order valence-electron chi connectivity index (χ0n) is 16.0. The van der Waals surface area contributed by atoms with Crippen molar-refractivity contribution < 1.29 is 19.1 Å². The fourth-order valence-corrected chi connectivity index (χ4v) is 2.65. The number of ether oxygens (including phenoxy) is 1. The quantitative estimate of drug-likeness (QED) is 0.791. The van der Waals surface area contributed by atoms with Crippen LogP contribution >= 0.6 is 0 Å². The fourth-order valence-electron chi connectivity index (χ4n) is 2.65. The zero-order chi connectivity index (χ0) is 20.0. The Kier molecular flexibility index (Phi) is 6.71. The molecule has 0 atom stereocenters. The number of esters is 1. The lowest BCUT2D eigenvalue weighted by Crippen LogP contribution is -2.37. The van der Waals surface area contributed by atoms with E-state index in [1.807, 2.05) is 24.3 Å². The summed E-state index contributed by atoms with van der Waals surface area (Å²) in [4.78, 5) is 37.8. The second-order valence-corrected chi connectivity index (χ2v) is 6.44. The van der Waals surface area contributed by atoms with Gasteiger partial charge in [-0.2, -0.15) is 0 Å². The van der Waals surface area contributed by atoms with Crippen molar-refractivity contribution >= 4 is 29.2 Å². The van der Waals surface area contributed by atoms with Gasteiger partial charge in [-0.3, -0.25) is 9.59 Å². The van der Waals surface area contributed by atoms with Crippen molar-refractivity contribution in [2.75, 3.05) is 23.9 Å². The van der Waals surface area contributed by atoms with Crippen molar-refractivity contribution in [3.63, 3.8) is 0 Å². The molecule has 142 valence electrons. The number of hydrogen-bond donors (Lipinski definition) is 1. The van der Waals surface area contributed by atoms with Crippen molar-refractivity contribution in [3.8, 4) is 0 Å². The third kappa shape index (κ3) is 5.17. The number of amides is 2. The standard InChI is InChI=1S/C21H24N2O4/c1-14(2)16-9-11-17(12-10-16)22-20(25)13-23(15(3)24)19-8-6-5-7-18(19)21(26)27-4/h5-12,14H,13H2,1-4H3,(H,22,25). The molecule has 0 bridgehead atoms. The maximum absolute atomic E-state index is 12.4. The maximum Gasteiger partial charge on any atom is 0.339 e. The fraction of sp³-hybridized carbons (Fsp3) is 0.286. The molecule has 0 unspecified atom stereocenters. The summed E-state index contributed by atoms with van der Waals surface area (Å²) in [6.07, 6.45) is 0. The number of carbonyl (C=O) groups is 3. The van der Waals surface area contributed by atoms with Crippen LogP contribution in [-0.4, -0.2) is 31.4 Å². The number of methoxy groups -OCH3 is 1. The van der Waals surface area contributed by atoms with Gasteiger partial charge >= 0.3 is 5.97 Å². The van der Waals surface area contributed by atoms with Crippen molar-refractivity contribution in [1.82, 2.24) is 0 Å². The van der Waals surface area contributed by atoms with E-state index in [-0.39, 0.29) is 23.9 Å². The maximum atomic E-state index is 12.4. The molecule has 6 heteroatoms. The molecule has 0 aliphatic heterocycles. The molecule has 0 aliphatic carbocycles. The average molecular weight is 368 g/mol. The minimum absolute atomic E-state index is 0.213. The van der Waals surface area contributed by atoms with Crippen molar-refractivity contribution in [2.45, 2.75) is 26.7 Å². The summed E-state index contributed by atoms with van der Waals surface area (Å²) >= 11 is 0. The SMILES string of the molecule is COC(=O)c1ccccc1N(CC(=O)Nc1ccc(C(C)C)cc1)C(C)=O. The van der Waals surface area contributed by atoms with E-state index < -0.39 is 5.97 Å². The summed E-state index contributed by atoms with van der Waals surface area (Å²) in [5.74, 6) is -0.877. The third-order valence-corrected chi connectivity index (χ3v) is 4.14. The number of nitrogens with one attached hydrogen (secondary N) is 1. The van der Waals surface area contributed by atoms with Crippen LogP contribution in [0.25, 0.3) is 0 Å². The molecule has 6 nitrogen and oxygen atoms in total. The van der Waals surface area contributed by atoms with Gasteiger partial charge in [-0.15, -0.1) is 0 Å². The highest BCUT2D eigenvalue weighted by Gasteiger charge is 2.22. The van der Waals surface area contributed by atoms with Crippen LogP contribution in [0.4, 0.5) is 11.4 Å². The molecule has 27 heavy (non-hydrogen) atoms. The van der Waals surface area contributed by atoms with Crippen LogP contribution in [0.1, 0.15) is 42.6 Å². The van der Waals surface area contributed by atoms with E-state index >= 15 is 0 Å². The normalized spacial score (nSPS) is 10.4. The highest BCUT2D eigenvalue weighted by atomic mass is 16.5. The topological polar surface area (TPSA) is 75.7 Å². The predicted octanol–water partition coefficient (Wildman–Crippen LogP) is 3.59. The highest BCUT2D eigenvalue weighted by molar-refractivity contribution is 6.06. The Bertz CT molecular complexity index is 828. The molecule has 0 fully saturated rings. The van der Waals surface area contributed by atoms with Gasteiger partial charge in [0, 0.05) is 12.6 Å². The summed E-state index contributed by atoms with van der Waals surface area (Å²) in [7, 11) is 1.27. The van der Waals surface area contributed by atoms with Crippen LogP contribution in [0.5, 0.6) is 0 Å². The van der Waals surface area contributed by atoms with Gasteiger partial charge in [0.2, 0.25) is 11.8 Å². The number of para-hydroxylation sites is 1. The van der Waals surface area contributed by atoms with Crippen LogP contribution in [0.15, 0.2) is 48.5 Å². The lowest BCUT2D eigenvalue weighted by Gasteiger charge is -2.22. The van der Waals surface area contributed by atoms with Crippen LogP contribution in [-0.2, 0) is 14.3 Å². The van der Waals surface area contributed by atoms with E-state index in [1.165, 1.54) is 24.5 Å². The Morgan fingerprint density at radius 2 is 1.67 bits per heavy atom. The monoisotopic (exact) mass is 368 g/mol. The number of rotatable bonds is 6. The summed E-state index contributed by atoms with van der Waals surface area (Å²) in [5.41, 5.74) is 2.38. The Labute approximate surface area is 159 Å². The number of carbonyl (C=O) groups excluding carboxylic acids is 3. The summed E-state index contributed by atoms with van der Waals surface area (Å²) in [6, 6.07) is 14.1. The lowest BCUT2D eigenvalue weighted by molar-refractivity contribution is -0.120. The van der Waals surface area contributed by atoms with E-state index in [9.17, 15) is 14.4 Å². The van der Waals surface area contributed by atoms with Gasteiger partial charge in [0.1, 0.15) is 6.54 Å². The Morgan fingerprint density at radius 1 is 1.04 bits per heavy atom. The van der Waals surface area contributed by atoms with Crippen molar-refractivity contribution in [1.29, 1.82) is 0 Å². The molecule has 0 spiro atoms. The second-order valence-electron chi connectivity index (χ2n) is 6.44. The van der Waals surface area contributed by atoms with Crippen molar-refractivity contribution in [2.24, 2.45) is 0 Å². The van der Waals surface area contributed by atoms with Gasteiger partial charge in [0.15, 0.2) is 0 Å². The van der Waals surface area contributed by atoms with Crippen LogP contribution in [0.2, 0.25) is 0 Å². The minimum atomic E-state index is -0.568. The Morgan fingerprint density at radius 3 is 2.22 bits per heavy atom. The lowest BCUT2D eigenvalue weighted by atomic mass is 10.0. The van der Waals surface area contributed by atoms with E-state index in [0.717, 1.165) is 0 Å². The molecule has 0 aromatic heterocycles. The van der Waals surface area contributed by atoms with Gasteiger partial charge in [-0.1, -0.05) is 38.1 Å². The second kappa shape index (κ2) is 8.98. The van der Waals surface area contributed by atoms with E-state index in [2.05, 4.69) is 19.2 Å². The van der Waals surface area contributed by atoms with Crippen LogP contribution < -0.4 is 10.2 Å². The van der Waals surface area contributed by atoms with Gasteiger partial charge in [-0.25, -0.2) is 4.79 Å². The number of benzene rings is 2. The van der Waals surface area contributed by atoms with Gasteiger partial charge < -0.3 is 15.0 Å². The van der Waals surface area contributed by atoms with Crippen LogP contribution in [0, 0.1) is 0 Å². The van der Waals surface area contributed by atoms with E-state index in [0.29, 0.717) is 17.3 Å². The molecule has 2 aromatic carbocycles. The molecule has 2 aromatic rings. The van der Waals surface area contributed by atoms with E-state index in [4.69, 9.17) is 4.74 Å². The molecule has 0 saturated carbocycles. The number of hydrogen-bond acceptors (Lipinski definition) is 4. The molecule has 2 rings (SSSR count). The molecule has 0 saturated heterocycles. The molecule has 0 aliphatic rings. The van der Waals surface area contributed by atoms with Gasteiger partial charge in [0.25, 0.3) is 0 Å². The zero-order valence-corrected chi connectivity index (χ0v) is 16.0. The minimum Gasteiger partial charge on any atom is -0.465 e. The Balaban J connectivity index is 2.18. The molecule has 0 heterocycles. The van der Waals surface area contributed by atoms with Crippen molar-refractivity contribution in [3.05, 3.63) is 59.7 Å². The largest absolute Gasteiger partial charge is 0.465 e. The molecule has 0 radical (unpaired) electrons. The smallest absolute Gasteiger partial charge is 0.339 e. The molecule has 1 N–H and O–H groups in total.